The first-order chi connectivity index (χ1) is 14.1. The van der Waals surface area contributed by atoms with Crippen molar-refractivity contribution in [2.45, 2.75) is 23.3 Å². The van der Waals surface area contributed by atoms with Gasteiger partial charge in [0, 0.05) is 5.69 Å². The van der Waals surface area contributed by atoms with Crippen LogP contribution >= 0.6 is 70.2 Å². The molecular formula is C19H18Cl5N3O2S. The van der Waals surface area contributed by atoms with Gasteiger partial charge in [-0.05, 0) is 54.5 Å². The Hall–Kier alpha value is -1.15. The zero-order chi connectivity index (χ0) is 22.3. The number of alkyl halides is 3. The quantitative estimate of drug-likeness (QED) is 0.243. The number of anilines is 1. The van der Waals surface area contributed by atoms with Crippen molar-refractivity contribution in [2.75, 3.05) is 11.9 Å². The first-order valence-corrected chi connectivity index (χ1v) is 11.0. The van der Waals surface area contributed by atoms with Crippen molar-refractivity contribution in [3.63, 3.8) is 0 Å². The van der Waals surface area contributed by atoms with Gasteiger partial charge < -0.3 is 20.7 Å². The Bertz CT molecular complexity index is 891. The van der Waals surface area contributed by atoms with Crippen LogP contribution < -0.4 is 20.7 Å². The summed E-state index contributed by atoms with van der Waals surface area (Å²) in [7, 11) is 0. The molecule has 2 rings (SSSR count). The molecule has 1 amide bonds. The minimum absolute atomic E-state index is 0.0982. The fourth-order valence-electron chi connectivity index (χ4n) is 2.24. The Kier molecular flexibility index (Phi) is 9.60. The lowest BCUT2D eigenvalue weighted by Crippen LogP contribution is -2.56. The predicted octanol–water partition coefficient (Wildman–Crippen LogP) is 5.73. The number of rotatable bonds is 7. The maximum absolute atomic E-state index is 12.3. The van der Waals surface area contributed by atoms with Gasteiger partial charge in [0.05, 0.1) is 10.0 Å². The number of carbonyl (C=O) groups is 1. The molecule has 0 unspecified atom stereocenters. The molecule has 0 saturated carbocycles. The van der Waals surface area contributed by atoms with E-state index in [1.165, 1.54) is 0 Å². The highest BCUT2D eigenvalue weighted by Crippen LogP contribution is 2.29. The van der Waals surface area contributed by atoms with Crippen LogP contribution in [0.2, 0.25) is 10.0 Å². The number of amides is 1. The van der Waals surface area contributed by atoms with Gasteiger partial charge in [-0.15, -0.1) is 0 Å². The standard InChI is InChI=1S/C19H18Cl5N3O2S/c1-2-11-3-6-13(7-4-11)29-10-16(28)26-17(19(22,23)24)27-18(30)25-12-5-8-14(20)15(21)9-12/h3-9,17H,2,10H2,1H3,(H,26,28)(H2,25,27,30)/t17-/m1/s1. The molecule has 0 bridgehead atoms. The van der Waals surface area contributed by atoms with Crippen molar-refractivity contribution < 1.29 is 9.53 Å². The van der Waals surface area contributed by atoms with E-state index in [1.807, 2.05) is 19.1 Å². The molecule has 0 spiro atoms. The van der Waals surface area contributed by atoms with E-state index in [4.69, 9.17) is 75.0 Å². The summed E-state index contributed by atoms with van der Waals surface area (Å²) in [4.78, 5) is 12.3. The molecule has 0 aliphatic heterocycles. The maximum Gasteiger partial charge on any atom is 0.259 e. The number of carbonyl (C=O) groups excluding carboxylic acids is 1. The lowest BCUT2D eigenvalue weighted by molar-refractivity contribution is -0.123. The fourth-order valence-corrected chi connectivity index (χ4v) is 3.11. The number of aryl methyl sites for hydroxylation is 1. The first-order valence-electron chi connectivity index (χ1n) is 8.69. The van der Waals surface area contributed by atoms with Gasteiger partial charge >= 0.3 is 0 Å². The third-order valence-electron chi connectivity index (χ3n) is 3.79. The molecule has 11 heteroatoms. The highest BCUT2D eigenvalue weighted by atomic mass is 35.6. The van der Waals surface area contributed by atoms with Gasteiger partial charge in [-0.2, -0.15) is 0 Å². The molecule has 162 valence electrons. The van der Waals surface area contributed by atoms with Gasteiger partial charge in [0.25, 0.3) is 5.91 Å². The van der Waals surface area contributed by atoms with Crippen LogP contribution in [-0.2, 0) is 11.2 Å². The normalized spacial score (nSPS) is 12.1. The van der Waals surface area contributed by atoms with E-state index in [2.05, 4.69) is 16.0 Å². The average Bonchev–Trinajstić information content (AvgIpc) is 2.68. The molecular weight excluding hydrogens is 512 g/mol. The van der Waals surface area contributed by atoms with E-state index >= 15 is 0 Å². The van der Waals surface area contributed by atoms with Gasteiger partial charge in [-0.3, -0.25) is 4.79 Å². The minimum atomic E-state index is -1.89. The third-order valence-corrected chi connectivity index (χ3v) is 5.40. The molecule has 0 aromatic heterocycles. The number of nitrogens with one attached hydrogen (secondary N) is 3. The summed E-state index contributed by atoms with van der Waals surface area (Å²) >= 11 is 35.0. The Labute approximate surface area is 205 Å². The van der Waals surface area contributed by atoms with Crippen molar-refractivity contribution in [3.8, 4) is 5.75 Å². The van der Waals surface area contributed by atoms with Crippen molar-refractivity contribution in [1.29, 1.82) is 0 Å². The Morgan fingerprint density at radius 3 is 2.30 bits per heavy atom. The predicted molar refractivity (Wildman–Crippen MR) is 129 cm³/mol. The first kappa shape index (κ1) is 25.1. The summed E-state index contributed by atoms with van der Waals surface area (Å²) in [6.45, 7) is 1.78. The zero-order valence-corrected chi connectivity index (χ0v) is 20.2. The van der Waals surface area contributed by atoms with Crippen molar-refractivity contribution >= 4 is 86.9 Å². The fraction of sp³-hybridized carbons (Fsp3) is 0.263. The highest BCUT2D eigenvalue weighted by Gasteiger charge is 2.34. The topological polar surface area (TPSA) is 62.4 Å². The van der Waals surface area contributed by atoms with Crippen molar-refractivity contribution in [1.82, 2.24) is 10.6 Å². The van der Waals surface area contributed by atoms with Crippen molar-refractivity contribution in [2.24, 2.45) is 0 Å². The van der Waals surface area contributed by atoms with E-state index in [9.17, 15) is 4.79 Å². The second-order valence-corrected chi connectivity index (χ2v) is 9.65. The molecule has 30 heavy (non-hydrogen) atoms. The van der Waals surface area contributed by atoms with Crippen LogP contribution in [0.3, 0.4) is 0 Å². The molecule has 3 N–H and O–H groups in total. The Balaban J connectivity index is 1.93. The van der Waals surface area contributed by atoms with Crippen LogP contribution in [0.15, 0.2) is 42.5 Å². The maximum atomic E-state index is 12.3. The number of ether oxygens (including phenoxy) is 1. The monoisotopic (exact) mass is 527 g/mol. The Morgan fingerprint density at radius 1 is 1.07 bits per heavy atom. The third kappa shape index (κ3) is 8.17. The number of benzene rings is 2. The molecule has 1 atom stereocenters. The second kappa shape index (κ2) is 11.5. The summed E-state index contributed by atoms with van der Waals surface area (Å²) in [5.74, 6) is 0.0493. The van der Waals surface area contributed by atoms with E-state index in [0.29, 0.717) is 21.5 Å². The van der Waals surface area contributed by atoms with E-state index in [1.54, 1.807) is 30.3 Å². The summed E-state index contributed by atoms with van der Waals surface area (Å²) in [6.07, 6.45) is -0.211. The zero-order valence-electron chi connectivity index (χ0n) is 15.6. The summed E-state index contributed by atoms with van der Waals surface area (Å²) in [6, 6.07) is 12.3. The number of hydrogen-bond donors (Lipinski definition) is 3. The number of hydrogen-bond acceptors (Lipinski definition) is 3. The largest absolute Gasteiger partial charge is 0.484 e. The van der Waals surface area contributed by atoms with E-state index in [-0.39, 0.29) is 11.7 Å². The van der Waals surface area contributed by atoms with Gasteiger partial charge in [0.1, 0.15) is 11.9 Å². The summed E-state index contributed by atoms with van der Waals surface area (Å²) in [5, 5.41) is 9.00. The van der Waals surface area contributed by atoms with Crippen LogP contribution in [0.5, 0.6) is 5.75 Å². The van der Waals surface area contributed by atoms with Crippen LogP contribution in [0.4, 0.5) is 5.69 Å². The SMILES string of the molecule is CCc1ccc(OCC(=O)N[C@H](NC(=S)Nc2ccc(Cl)c(Cl)c2)C(Cl)(Cl)Cl)cc1. The highest BCUT2D eigenvalue weighted by molar-refractivity contribution is 7.80. The van der Waals surface area contributed by atoms with Gasteiger partial charge in [0.15, 0.2) is 11.7 Å². The molecule has 0 heterocycles. The lowest BCUT2D eigenvalue weighted by atomic mass is 10.2. The van der Waals surface area contributed by atoms with Gasteiger partial charge in [-0.25, -0.2) is 0 Å². The molecule has 0 radical (unpaired) electrons. The summed E-state index contributed by atoms with van der Waals surface area (Å²) < 4.78 is 3.57. The van der Waals surface area contributed by atoms with Crippen LogP contribution in [0.25, 0.3) is 0 Å². The van der Waals surface area contributed by atoms with Crippen LogP contribution in [0.1, 0.15) is 12.5 Å². The lowest BCUT2D eigenvalue weighted by Gasteiger charge is -2.27. The van der Waals surface area contributed by atoms with Gasteiger partial charge in [0.2, 0.25) is 3.79 Å². The molecule has 0 saturated heterocycles. The molecule has 0 aliphatic rings. The molecule has 2 aromatic rings. The van der Waals surface area contributed by atoms with E-state index in [0.717, 1.165) is 12.0 Å². The molecule has 5 nitrogen and oxygen atoms in total. The van der Waals surface area contributed by atoms with Crippen LogP contribution in [-0.4, -0.2) is 27.6 Å². The van der Waals surface area contributed by atoms with Crippen molar-refractivity contribution in [3.05, 3.63) is 58.1 Å². The molecule has 2 aromatic carbocycles. The number of halogens is 5. The minimum Gasteiger partial charge on any atom is -0.484 e. The average molecular weight is 530 g/mol. The van der Waals surface area contributed by atoms with Crippen LogP contribution in [0, 0.1) is 0 Å². The Morgan fingerprint density at radius 2 is 1.73 bits per heavy atom. The summed E-state index contributed by atoms with van der Waals surface area (Å²) in [5.41, 5.74) is 1.73. The molecule has 0 aliphatic carbocycles. The van der Waals surface area contributed by atoms with E-state index < -0.39 is 15.9 Å². The second-order valence-electron chi connectivity index (χ2n) is 6.06. The smallest absolute Gasteiger partial charge is 0.259 e. The molecule has 0 fully saturated rings. The van der Waals surface area contributed by atoms with Gasteiger partial charge in [-0.1, -0.05) is 77.1 Å². The number of thiocarbonyl (C=S) groups is 1.